The molecule has 0 unspecified atom stereocenters. The second-order valence-electron chi connectivity index (χ2n) is 5.43. The number of hydrogen-bond acceptors (Lipinski definition) is 3. The van der Waals surface area contributed by atoms with E-state index in [1.165, 1.54) is 6.07 Å². The lowest BCUT2D eigenvalue weighted by molar-refractivity contribution is -0.119. The lowest BCUT2D eigenvalue weighted by Crippen LogP contribution is -2.44. The molecule has 0 radical (unpaired) electrons. The Morgan fingerprint density at radius 1 is 1.14 bits per heavy atom. The van der Waals surface area contributed by atoms with Gasteiger partial charge in [-0.2, -0.15) is 0 Å². The maximum absolute atomic E-state index is 13.1. The lowest BCUT2D eigenvalue weighted by atomic mass is 10.1. The van der Waals surface area contributed by atoms with E-state index in [4.69, 9.17) is 0 Å². The molecular formula is C15H21F2N3O2. The van der Waals surface area contributed by atoms with Crippen LogP contribution in [0.4, 0.5) is 13.6 Å². The number of amides is 3. The number of imide groups is 1. The van der Waals surface area contributed by atoms with Crippen molar-refractivity contribution in [3.8, 4) is 0 Å². The molecule has 0 fully saturated rings. The van der Waals surface area contributed by atoms with Crippen molar-refractivity contribution in [1.29, 1.82) is 0 Å². The summed E-state index contributed by atoms with van der Waals surface area (Å²) in [6, 6.07) is 2.62. The molecule has 22 heavy (non-hydrogen) atoms. The van der Waals surface area contributed by atoms with E-state index in [9.17, 15) is 18.4 Å². The molecule has 3 amide bonds. The summed E-state index contributed by atoms with van der Waals surface area (Å²) >= 11 is 0. The number of rotatable bonds is 6. The number of nitrogens with one attached hydrogen (secondary N) is 3. The summed E-state index contributed by atoms with van der Waals surface area (Å²) in [6.45, 7) is 5.94. The normalized spacial score (nSPS) is 12.1. The molecule has 0 bridgehead atoms. The van der Waals surface area contributed by atoms with E-state index < -0.39 is 23.6 Å². The maximum atomic E-state index is 13.1. The fraction of sp³-hybridized carbons (Fsp3) is 0.467. The van der Waals surface area contributed by atoms with Gasteiger partial charge in [0.15, 0.2) is 11.6 Å². The van der Waals surface area contributed by atoms with Crippen LogP contribution in [0.25, 0.3) is 0 Å². The molecule has 0 heterocycles. The predicted octanol–water partition coefficient (Wildman–Crippen LogP) is 2.10. The van der Waals surface area contributed by atoms with Gasteiger partial charge in [0, 0.05) is 12.6 Å². The highest BCUT2D eigenvalue weighted by atomic mass is 19.2. The van der Waals surface area contributed by atoms with Crippen LogP contribution in [0.3, 0.4) is 0 Å². The topological polar surface area (TPSA) is 70.2 Å². The molecule has 1 rings (SSSR count). The van der Waals surface area contributed by atoms with Crippen LogP contribution in [-0.2, 0) is 4.79 Å². The first-order chi connectivity index (χ1) is 10.3. The first-order valence-corrected chi connectivity index (χ1v) is 7.05. The average molecular weight is 313 g/mol. The minimum atomic E-state index is -0.941. The molecule has 0 aliphatic rings. The zero-order chi connectivity index (χ0) is 16.7. The van der Waals surface area contributed by atoms with Gasteiger partial charge in [-0.1, -0.05) is 19.9 Å². The standard InChI is InChI=1S/C15H21F2N3O2/c1-9(2)7-19-15(22)20-14(21)8-18-10(3)11-4-5-12(16)13(17)6-11/h4-6,9-10,18H,7-8H2,1-3H3,(H2,19,20,21,22)/t10-/m1/s1. The van der Waals surface area contributed by atoms with E-state index in [0.29, 0.717) is 12.1 Å². The van der Waals surface area contributed by atoms with Crippen molar-refractivity contribution < 1.29 is 18.4 Å². The van der Waals surface area contributed by atoms with Crippen molar-refractivity contribution in [2.75, 3.05) is 13.1 Å². The zero-order valence-corrected chi connectivity index (χ0v) is 12.9. The predicted molar refractivity (Wildman–Crippen MR) is 79.2 cm³/mol. The van der Waals surface area contributed by atoms with Crippen LogP contribution < -0.4 is 16.0 Å². The third-order valence-corrected chi connectivity index (χ3v) is 2.94. The monoisotopic (exact) mass is 313 g/mol. The largest absolute Gasteiger partial charge is 0.338 e. The molecule has 1 aromatic rings. The summed E-state index contributed by atoms with van der Waals surface area (Å²) in [4.78, 5) is 23.0. The van der Waals surface area contributed by atoms with Gasteiger partial charge in [0.25, 0.3) is 0 Å². The second-order valence-corrected chi connectivity index (χ2v) is 5.43. The summed E-state index contributed by atoms with van der Waals surface area (Å²) < 4.78 is 26.0. The van der Waals surface area contributed by atoms with Gasteiger partial charge in [0.05, 0.1) is 6.54 Å². The highest BCUT2D eigenvalue weighted by Crippen LogP contribution is 2.15. The van der Waals surface area contributed by atoms with Crippen LogP contribution in [0, 0.1) is 17.6 Å². The van der Waals surface area contributed by atoms with Gasteiger partial charge < -0.3 is 10.6 Å². The highest BCUT2D eigenvalue weighted by Gasteiger charge is 2.12. The average Bonchev–Trinajstić information content (AvgIpc) is 2.45. The molecule has 5 nitrogen and oxygen atoms in total. The van der Waals surface area contributed by atoms with Crippen molar-refractivity contribution in [3.63, 3.8) is 0 Å². The number of carbonyl (C=O) groups excluding carboxylic acids is 2. The Labute approximate surface area is 128 Å². The number of benzene rings is 1. The Kier molecular flexibility index (Phi) is 6.91. The Balaban J connectivity index is 2.39. The van der Waals surface area contributed by atoms with Gasteiger partial charge in [-0.15, -0.1) is 0 Å². The van der Waals surface area contributed by atoms with Gasteiger partial charge in [-0.3, -0.25) is 10.1 Å². The van der Waals surface area contributed by atoms with Crippen LogP contribution >= 0.6 is 0 Å². The Morgan fingerprint density at radius 3 is 2.41 bits per heavy atom. The summed E-state index contributed by atoms with van der Waals surface area (Å²) in [7, 11) is 0. The van der Waals surface area contributed by atoms with Gasteiger partial charge >= 0.3 is 6.03 Å². The van der Waals surface area contributed by atoms with Crippen molar-refractivity contribution in [1.82, 2.24) is 16.0 Å². The summed E-state index contributed by atoms with van der Waals surface area (Å²) in [5.74, 6) is -2.08. The van der Waals surface area contributed by atoms with Crippen molar-refractivity contribution in [2.45, 2.75) is 26.8 Å². The third-order valence-electron chi connectivity index (χ3n) is 2.94. The number of halogens is 2. The molecule has 0 aliphatic carbocycles. The zero-order valence-electron chi connectivity index (χ0n) is 12.9. The summed E-state index contributed by atoms with van der Waals surface area (Å²) in [6.07, 6.45) is 0. The first-order valence-electron chi connectivity index (χ1n) is 7.05. The molecule has 0 aliphatic heterocycles. The molecule has 1 atom stereocenters. The van der Waals surface area contributed by atoms with Crippen molar-refractivity contribution in [3.05, 3.63) is 35.4 Å². The Bertz CT molecular complexity index is 536. The molecule has 0 saturated heterocycles. The van der Waals surface area contributed by atoms with Crippen LogP contribution in [0.5, 0.6) is 0 Å². The van der Waals surface area contributed by atoms with E-state index in [2.05, 4.69) is 16.0 Å². The number of urea groups is 1. The molecule has 3 N–H and O–H groups in total. The minimum absolute atomic E-state index is 0.116. The number of hydrogen-bond donors (Lipinski definition) is 3. The van der Waals surface area contributed by atoms with E-state index in [1.54, 1.807) is 6.92 Å². The van der Waals surface area contributed by atoms with Crippen LogP contribution in [0.15, 0.2) is 18.2 Å². The van der Waals surface area contributed by atoms with E-state index >= 15 is 0 Å². The molecule has 7 heteroatoms. The number of carbonyl (C=O) groups is 2. The third kappa shape index (κ3) is 6.17. The van der Waals surface area contributed by atoms with Crippen molar-refractivity contribution >= 4 is 11.9 Å². The van der Waals surface area contributed by atoms with Crippen LogP contribution in [0.1, 0.15) is 32.4 Å². The fourth-order valence-corrected chi connectivity index (χ4v) is 1.66. The minimum Gasteiger partial charge on any atom is -0.338 e. The van der Waals surface area contributed by atoms with Gasteiger partial charge in [0.2, 0.25) is 5.91 Å². The molecular weight excluding hydrogens is 292 g/mol. The molecule has 0 spiro atoms. The Hall–Kier alpha value is -2.02. The van der Waals surface area contributed by atoms with Crippen LogP contribution in [0.2, 0.25) is 0 Å². The van der Waals surface area contributed by atoms with Gasteiger partial charge in [0.1, 0.15) is 0 Å². The van der Waals surface area contributed by atoms with E-state index in [-0.39, 0.29) is 18.5 Å². The summed E-state index contributed by atoms with van der Waals surface area (Å²) in [5.41, 5.74) is 0.510. The molecule has 0 saturated carbocycles. The molecule has 1 aromatic carbocycles. The van der Waals surface area contributed by atoms with Crippen LogP contribution in [-0.4, -0.2) is 25.0 Å². The maximum Gasteiger partial charge on any atom is 0.321 e. The van der Waals surface area contributed by atoms with Crippen molar-refractivity contribution in [2.24, 2.45) is 5.92 Å². The first kappa shape index (κ1) is 18.0. The second kappa shape index (κ2) is 8.43. The SMILES string of the molecule is CC(C)CNC(=O)NC(=O)CN[C@H](C)c1ccc(F)c(F)c1. The smallest absolute Gasteiger partial charge is 0.321 e. The molecule has 0 aromatic heterocycles. The van der Waals surface area contributed by atoms with E-state index in [0.717, 1.165) is 12.1 Å². The Morgan fingerprint density at radius 2 is 1.82 bits per heavy atom. The fourth-order valence-electron chi connectivity index (χ4n) is 1.66. The lowest BCUT2D eigenvalue weighted by Gasteiger charge is -2.14. The highest BCUT2D eigenvalue weighted by molar-refractivity contribution is 5.95. The van der Waals surface area contributed by atoms with Gasteiger partial charge in [-0.25, -0.2) is 13.6 Å². The van der Waals surface area contributed by atoms with Gasteiger partial charge in [-0.05, 0) is 30.5 Å². The summed E-state index contributed by atoms with van der Waals surface area (Å²) in [5, 5.41) is 7.57. The molecule has 122 valence electrons. The van der Waals surface area contributed by atoms with E-state index in [1.807, 2.05) is 13.8 Å². The quantitative estimate of drug-likeness (QED) is 0.753.